The Morgan fingerprint density at radius 3 is 1.77 bits per heavy atom. The van der Waals surface area contributed by atoms with Crippen molar-refractivity contribution in [3.63, 3.8) is 0 Å². The number of hydrogen-bond donors (Lipinski definition) is 0. The summed E-state index contributed by atoms with van der Waals surface area (Å²) in [4.78, 5) is 18.6. The quantitative estimate of drug-likeness (QED) is 0.195. The first-order valence-electron chi connectivity index (χ1n) is 17.0. The van der Waals surface area contributed by atoms with E-state index in [0.29, 0.717) is 23.9 Å². The van der Waals surface area contributed by atoms with E-state index in [0.717, 1.165) is 45.4 Å². The molecule has 2 aromatic heterocycles. The molecule has 4 bridgehead atoms. The molecule has 4 fully saturated rings. The summed E-state index contributed by atoms with van der Waals surface area (Å²) in [5.41, 5.74) is 7.83. The highest BCUT2D eigenvalue weighted by molar-refractivity contribution is 6.09. The van der Waals surface area contributed by atoms with Crippen molar-refractivity contribution >= 4 is 27.5 Å². The first kappa shape index (κ1) is 26.9. The van der Waals surface area contributed by atoms with E-state index in [4.69, 9.17) is 15.0 Å². The molecule has 228 valence electrons. The Balaban J connectivity index is 1.20. The zero-order chi connectivity index (χ0) is 30.9. The van der Waals surface area contributed by atoms with Crippen LogP contribution in [0, 0.1) is 11.8 Å². The molecule has 4 heterocycles. The minimum atomic E-state index is 0.605. The number of aromatic nitrogens is 4. The lowest BCUT2D eigenvalue weighted by molar-refractivity contribution is 0.0901. The first-order valence-corrected chi connectivity index (χ1v) is 17.0. The van der Waals surface area contributed by atoms with Gasteiger partial charge >= 0.3 is 0 Å². The summed E-state index contributed by atoms with van der Waals surface area (Å²) in [5, 5.41) is 2.38. The van der Waals surface area contributed by atoms with Crippen LogP contribution in [0.25, 0.3) is 61.7 Å². The van der Waals surface area contributed by atoms with Gasteiger partial charge in [-0.1, -0.05) is 97.1 Å². The average molecular weight is 610 g/mol. The van der Waals surface area contributed by atoms with Gasteiger partial charge in [-0.25, -0.2) is 4.98 Å². The number of hydrogen-bond acceptors (Lipinski definition) is 4. The lowest BCUT2D eigenvalue weighted by Gasteiger charge is -2.57. The standard InChI is InChI=1S/C42H35N5/c1-2-11-29(12-3-1)30-13-10-14-31(26-30)40-43-41(36-17-6-9-20-39(36)46-32-22-27-21-28(24-32)25-33(46)23-27)45-42(44-40)47-37-18-7-4-15-34(37)35-16-5-8-19-38(35)47/h1-20,26-28,32-33H,21-25H2. The van der Waals surface area contributed by atoms with Crippen LogP contribution >= 0.6 is 0 Å². The predicted molar refractivity (Wildman–Crippen MR) is 191 cm³/mol. The van der Waals surface area contributed by atoms with Crippen LogP contribution in [0.3, 0.4) is 0 Å². The number of rotatable bonds is 5. The van der Waals surface area contributed by atoms with Crippen LogP contribution in [0.1, 0.15) is 32.1 Å². The third-order valence-electron chi connectivity index (χ3n) is 10.9. The number of piperidine rings is 2. The van der Waals surface area contributed by atoms with Crippen LogP contribution < -0.4 is 4.90 Å². The van der Waals surface area contributed by atoms with Crippen molar-refractivity contribution in [1.29, 1.82) is 0 Å². The average Bonchev–Trinajstić information content (AvgIpc) is 3.46. The number of para-hydroxylation sites is 3. The van der Waals surface area contributed by atoms with Crippen molar-refractivity contribution < 1.29 is 0 Å². The van der Waals surface area contributed by atoms with Crippen LogP contribution in [0.15, 0.2) is 127 Å². The first-order chi connectivity index (χ1) is 23.3. The second kappa shape index (κ2) is 10.6. The summed E-state index contributed by atoms with van der Waals surface area (Å²) < 4.78 is 2.21. The molecule has 0 spiro atoms. The van der Waals surface area contributed by atoms with Crippen LogP contribution in [0.5, 0.6) is 0 Å². The van der Waals surface area contributed by atoms with Gasteiger partial charge in [-0.3, -0.25) is 4.57 Å². The summed E-state index contributed by atoms with van der Waals surface area (Å²) in [6.45, 7) is 0. The summed E-state index contributed by atoms with van der Waals surface area (Å²) in [6, 6.07) is 46.3. The number of nitrogens with zero attached hydrogens (tertiary/aromatic N) is 5. The number of anilines is 1. The molecule has 2 saturated carbocycles. The maximum atomic E-state index is 5.34. The molecule has 2 saturated heterocycles. The van der Waals surface area contributed by atoms with Gasteiger partial charge in [0, 0.05) is 39.7 Å². The van der Waals surface area contributed by atoms with Gasteiger partial charge in [0.2, 0.25) is 5.95 Å². The lowest BCUT2D eigenvalue weighted by Crippen LogP contribution is -2.58. The molecule has 2 aliphatic carbocycles. The third-order valence-corrected chi connectivity index (χ3v) is 10.9. The second-order valence-electron chi connectivity index (χ2n) is 13.7. The molecule has 5 nitrogen and oxygen atoms in total. The van der Waals surface area contributed by atoms with Gasteiger partial charge in [-0.05, 0) is 85.4 Å². The fraction of sp³-hybridized carbons (Fsp3) is 0.214. The summed E-state index contributed by atoms with van der Waals surface area (Å²) in [5.74, 6) is 3.83. The zero-order valence-electron chi connectivity index (χ0n) is 26.2. The van der Waals surface area contributed by atoms with Crippen molar-refractivity contribution in [2.45, 2.75) is 44.2 Å². The summed E-state index contributed by atoms with van der Waals surface area (Å²) >= 11 is 0. The van der Waals surface area contributed by atoms with E-state index in [2.05, 4.69) is 137 Å². The maximum absolute atomic E-state index is 5.34. The predicted octanol–water partition coefficient (Wildman–Crippen LogP) is 9.74. The van der Waals surface area contributed by atoms with Crippen molar-refractivity contribution in [1.82, 2.24) is 19.5 Å². The minimum absolute atomic E-state index is 0.605. The summed E-state index contributed by atoms with van der Waals surface area (Å²) in [7, 11) is 0. The molecule has 0 N–H and O–H groups in total. The van der Waals surface area contributed by atoms with E-state index >= 15 is 0 Å². The van der Waals surface area contributed by atoms with Crippen LogP contribution in [0.4, 0.5) is 5.69 Å². The molecule has 47 heavy (non-hydrogen) atoms. The van der Waals surface area contributed by atoms with Crippen molar-refractivity contribution in [2.75, 3.05) is 4.90 Å². The van der Waals surface area contributed by atoms with Gasteiger partial charge in [-0.15, -0.1) is 0 Å². The molecule has 2 aliphatic heterocycles. The Morgan fingerprint density at radius 2 is 1.04 bits per heavy atom. The van der Waals surface area contributed by atoms with Gasteiger partial charge in [0.15, 0.2) is 11.6 Å². The smallest absolute Gasteiger partial charge is 0.238 e. The molecular weight excluding hydrogens is 574 g/mol. The van der Waals surface area contributed by atoms with Gasteiger partial charge in [0.1, 0.15) is 0 Å². The third kappa shape index (κ3) is 4.40. The lowest BCUT2D eigenvalue weighted by atomic mass is 9.63. The summed E-state index contributed by atoms with van der Waals surface area (Å²) in [6.07, 6.45) is 6.67. The number of benzene rings is 5. The fourth-order valence-electron chi connectivity index (χ4n) is 9.13. The van der Waals surface area contributed by atoms with Crippen molar-refractivity contribution in [3.8, 4) is 39.9 Å². The monoisotopic (exact) mass is 609 g/mol. The van der Waals surface area contributed by atoms with Crippen LogP contribution in [0.2, 0.25) is 0 Å². The van der Waals surface area contributed by atoms with Gasteiger partial charge in [0.25, 0.3) is 0 Å². The Labute approximate surface area is 274 Å². The maximum Gasteiger partial charge on any atom is 0.238 e. The Kier molecular flexibility index (Phi) is 6.08. The fourth-order valence-corrected chi connectivity index (χ4v) is 9.13. The topological polar surface area (TPSA) is 46.8 Å². The van der Waals surface area contributed by atoms with E-state index in [-0.39, 0.29) is 0 Å². The molecule has 5 aromatic carbocycles. The molecular formula is C42H35N5. The molecule has 0 atom stereocenters. The van der Waals surface area contributed by atoms with Gasteiger partial charge < -0.3 is 4.90 Å². The molecule has 0 amide bonds. The SMILES string of the molecule is c1ccc(-c2cccc(-c3nc(-c4ccccc4N4C5CC6CC(C5)CC4C6)nc(-n4c5ccccc5c5ccccc54)n3)c2)cc1. The minimum Gasteiger partial charge on any atom is -0.365 e. The van der Waals surface area contributed by atoms with E-state index in [1.54, 1.807) is 0 Å². The highest BCUT2D eigenvalue weighted by Gasteiger charge is 2.47. The highest BCUT2D eigenvalue weighted by atomic mass is 15.2. The Bertz CT molecular complexity index is 2210. The largest absolute Gasteiger partial charge is 0.365 e. The van der Waals surface area contributed by atoms with E-state index in [1.165, 1.54) is 54.1 Å². The Hall–Kier alpha value is -5.29. The second-order valence-corrected chi connectivity index (χ2v) is 13.7. The van der Waals surface area contributed by atoms with Gasteiger partial charge in [0.05, 0.1) is 11.0 Å². The van der Waals surface area contributed by atoms with Crippen molar-refractivity contribution in [3.05, 3.63) is 127 Å². The number of fused-ring (bicyclic) bond motifs is 3. The van der Waals surface area contributed by atoms with Crippen LogP contribution in [-0.2, 0) is 0 Å². The normalized spacial score (nSPS) is 21.6. The van der Waals surface area contributed by atoms with E-state index in [1.807, 2.05) is 0 Å². The molecule has 4 aliphatic rings. The molecule has 5 heteroatoms. The highest BCUT2D eigenvalue weighted by Crippen LogP contribution is 2.51. The Morgan fingerprint density at radius 1 is 0.468 bits per heavy atom. The van der Waals surface area contributed by atoms with Crippen molar-refractivity contribution in [2.24, 2.45) is 11.8 Å². The molecule has 0 radical (unpaired) electrons. The zero-order valence-corrected chi connectivity index (χ0v) is 26.2. The molecule has 7 aromatic rings. The molecule has 11 rings (SSSR count). The van der Waals surface area contributed by atoms with E-state index in [9.17, 15) is 0 Å². The molecule has 0 unspecified atom stereocenters. The van der Waals surface area contributed by atoms with Crippen LogP contribution in [-0.4, -0.2) is 31.6 Å². The van der Waals surface area contributed by atoms with E-state index < -0.39 is 0 Å². The van der Waals surface area contributed by atoms with Gasteiger partial charge in [-0.2, -0.15) is 9.97 Å².